The maximum Gasteiger partial charge on any atom is 0.274 e. The van der Waals surface area contributed by atoms with E-state index in [4.69, 9.17) is 9.15 Å². The summed E-state index contributed by atoms with van der Waals surface area (Å²) in [4.78, 5) is 12.6. The van der Waals surface area contributed by atoms with Gasteiger partial charge in [-0.2, -0.15) is 0 Å². The predicted molar refractivity (Wildman–Crippen MR) is 71.1 cm³/mol. The number of nitrogens with one attached hydrogen (secondary N) is 1. The molecule has 0 saturated carbocycles. The first-order chi connectivity index (χ1) is 9.51. The Kier molecular flexibility index (Phi) is 4.92. The Hall–Kier alpha value is -1.22. The summed E-state index contributed by atoms with van der Waals surface area (Å²) >= 11 is 0. The molecule has 1 atom stereocenters. The number of carbonyl (C=O) groups excluding carboxylic acids is 1. The number of furan rings is 1. The number of rotatable bonds is 6. The summed E-state index contributed by atoms with van der Waals surface area (Å²) in [7, 11) is -3.73. The van der Waals surface area contributed by atoms with Gasteiger partial charge in [0, 0.05) is 25.7 Å². The fraction of sp³-hybridized carbons (Fsp3) is 0.583. The lowest BCUT2D eigenvalue weighted by Crippen LogP contribution is -2.45. The lowest BCUT2D eigenvalue weighted by molar-refractivity contribution is 0.0354. The van der Waals surface area contributed by atoms with E-state index in [2.05, 4.69) is 9.62 Å². The number of sulfonamides is 1. The molecule has 1 aliphatic heterocycles. The number of hydrogen-bond acceptors (Lipinski definition) is 6. The Bertz CT molecular complexity index is 548. The third-order valence-corrected chi connectivity index (χ3v) is 4.44. The van der Waals surface area contributed by atoms with Gasteiger partial charge in [0.1, 0.15) is 0 Å². The molecular formula is C12H18N2O5S. The third kappa shape index (κ3) is 3.89. The minimum Gasteiger partial charge on any atom is -0.440 e. The maximum absolute atomic E-state index is 12.0. The van der Waals surface area contributed by atoms with E-state index < -0.39 is 10.0 Å². The van der Waals surface area contributed by atoms with Gasteiger partial charge in [-0.25, -0.2) is 13.1 Å². The first kappa shape index (κ1) is 15.2. The molecule has 1 saturated heterocycles. The summed E-state index contributed by atoms with van der Waals surface area (Å²) < 4.78 is 36.8. The van der Waals surface area contributed by atoms with E-state index in [0.29, 0.717) is 26.0 Å². The van der Waals surface area contributed by atoms with Crippen LogP contribution in [0.3, 0.4) is 0 Å². The SMILES string of the molecule is CC(CN1CCOCC1)NS(=O)(=O)c1ccc(C=O)o1. The molecule has 20 heavy (non-hydrogen) atoms. The predicted octanol–water partition coefficient (Wildman–Crippen LogP) is 0.0911. The molecule has 0 radical (unpaired) electrons. The largest absolute Gasteiger partial charge is 0.440 e. The van der Waals surface area contributed by atoms with E-state index >= 15 is 0 Å². The molecule has 0 amide bonds. The van der Waals surface area contributed by atoms with Crippen molar-refractivity contribution in [2.75, 3.05) is 32.8 Å². The highest BCUT2D eigenvalue weighted by Gasteiger charge is 2.23. The lowest BCUT2D eigenvalue weighted by atomic mass is 10.3. The molecule has 0 bridgehead atoms. The molecule has 2 heterocycles. The first-order valence-corrected chi connectivity index (χ1v) is 7.87. The molecule has 112 valence electrons. The summed E-state index contributed by atoms with van der Waals surface area (Å²) in [6, 6.07) is 2.34. The highest BCUT2D eigenvalue weighted by atomic mass is 32.2. The van der Waals surface area contributed by atoms with Crippen molar-refractivity contribution in [1.82, 2.24) is 9.62 Å². The molecule has 0 aliphatic carbocycles. The van der Waals surface area contributed by atoms with Gasteiger partial charge in [0.2, 0.25) is 5.09 Å². The second kappa shape index (κ2) is 6.49. The van der Waals surface area contributed by atoms with Crippen molar-refractivity contribution < 1.29 is 22.4 Å². The Morgan fingerprint density at radius 2 is 2.10 bits per heavy atom. The van der Waals surface area contributed by atoms with Crippen molar-refractivity contribution in [1.29, 1.82) is 0 Å². The van der Waals surface area contributed by atoms with Crippen LogP contribution in [-0.2, 0) is 14.8 Å². The van der Waals surface area contributed by atoms with Gasteiger partial charge in [-0.1, -0.05) is 0 Å². The molecule has 1 aromatic heterocycles. The molecule has 8 heteroatoms. The van der Waals surface area contributed by atoms with Gasteiger partial charge < -0.3 is 9.15 Å². The van der Waals surface area contributed by atoms with Crippen LogP contribution in [0.15, 0.2) is 21.6 Å². The van der Waals surface area contributed by atoms with Crippen molar-refractivity contribution in [3.05, 3.63) is 17.9 Å². The molecule has 1 aliphatic rings. The van der Waals surface area contributed by atoms with E-state index in [1.54, 1.807) is 6.92 Å². The third-order valence-electron chi connectivity index (χ3n) is 2.98. The fourth-order valence-electron chi connectivity index (χ4n) is 2.07. The summed E-state index contributed by atoms with van der Waals surface area (Å²) in [5.74, 6) is -0.00814. The normalized spacial score (nSPS) is 18.9. The Morgan fingerprint density at radius 1 is 1.40 bits per heavy atom. The smallest absolute Gasteiger partial charge is 0.274 e. The molecular weight excluding hydrogens is 284 g/mol. The van der Waals surface area contributed by atoms with Gasteiger partial charge in [-0.15, -0.1) is 0 Å². The topological polar surface area (TPSA) is 88.9 Å². The van der Waals surface area contributed by atoms with Crippen LogP contribution < -0.4 is 4.72 Å². The number of carbonyl (C=O) groups is 1. The van der Waals surface area contributed by atoms with E-state index in [-0.39, 0.29) is 16.9 Å². The second-order valence-electron chi connectivity index (χ2n) is 4.71. The number of nitrogens with zero attached hydrogens (tertiary/aromatic N) is 1. The zero-order chi connectivity index (χ0) is 14.6. The van der Waals surface area contributed by atoms with Gasteiger partial charge in [0.05, 0.1) is 13.2 Å². The van der Waals surface area contributed by atoms with Crippen LogP contribution in [0.5, 0.6) is 0 Å². The lowest BCUT2D eigenvalue weighted by Gasteiger charge is -2.29. The zero-order valence-electron chi connectivity index (χ0n) is 11.2. The molecule has 0 aromatic carbocycles. The van der Waals surface area contributed by atoms with Crippen LogP contribution >= 0.6 is 0 Å². The Balaban J connectivity index is 1.94. The monoisotopic (exact) mass is 302 g/mol. The van der Waals surface area contributed by atoms with Gasteiger partial charge in [-0.05, 0) is 19.1 Å². The second-order valence-corrected chi connectivity index (χ2v) is 6.35. The van der Waals surface area contributed by atoms with Crippen LogP contribution in [0.25, 0.3) is 0 Å². The number of aldehydes is 1. The van der Waals surface area contributed by atoms with Crippen LogP contribution in [0, 0.1) is 0 Å². The van der Waals surface area contributed by atoms with Gasteiger partial charge in [0.15, 0.2) is 12.0 Å². The number of hydrogen-bond donors (Lipinski definition) is 1. The summed E-state index contributed by atoms with van der Waals surface area (Å²) in [5.41, 5.74) is 0. The Morgan fingerprint density at radius 3 is 2.70 bits per heavy atom. The quantitative estimate of drug-likeness (QED) is 0.749. The summed E-state index contributed by atoms with van der Waals surface area (Å²) in [6.45, 7) is 5.31. The van der Waals surface area contributed by atoms with Gasteiger partial charge in [0.25, 0.3) is 10.0 Å². The number of ether oxygens (including phenoxy) is 1. The summed E-state index contributed by atoms with van der Waals surface area (Å²) in [6.07, 6.45) is 0.468. The molecule has 1 N–H and O–H groups in total. The molecule has 2 rings (SSSR count). The fourth-order valence-corrected chi connectivity index (χ4v) is 3.25. The molecule has 1 aromatic rings. The van der Waals surface area contributed by atoms with Crippen molar-refractivity contribution in [3.8, 4) is 0 Å². The maximum atomic E-state index is 12.0. The molecule has 1 unspecified atom stereocenters. The highest BCUT2D eigenvalue weighted by molar-refractivity contribution is 7.89. The van der Waals surface area contributed by atoms with E-state index in [9.17, 15) is 13.2 Å². The Labute approximate surface area is 117 Å². The van der Waals surface area contributed by atoms with Crippen molar-refractivity contribution in [3.63, 3.8) is 0 Å². The van der Waals surface area contributed by atoms with Crippen LogP contribution in [0.4, 0.5) is 0 Å². The van der Waals surface area contributed by atoms with Crippen molar-refractivity contribution in [2.45, 2.75) is 18.1 Å². The molecule has 7 nitrogen and oxygen atoms in total. The minimum absolute atomic E-state index is 0.00814. The first-order valence-electron chi connectivity index (χ1n) is 6.39. The molecule has 1 fully saturated rings. The molecule has 0 spiro atoms. The van der Waals surface area contributed by atoms with E-state index in [0.717, 1.165) is 13.1 Å². The van der Waals surface area contributed by atoms with Gasteiger partial charge in [-0.3, -0.25) is 9.69 Å². The van der Waals surface area contributed by atoms with Crippen molar-refractivity contribution in [2.24, 2.45) is 0 Å². The average Bonchev–Trinajstić information content (AvgIpc) is 2.88. The van der Waals surface area contributed by atoms with Crippen LogP contribution in [-0.4, -0.2) is 58.5 Å². The number of morpholine rings is 1. The van der Waals surface area contributed by atoms with E-state index in [1.165, 1.54) is 12.1 Å². The summed E-state index contributed by atoms with van der Waals surface area (Å²) in [5, 5.41) is -0.242. The van der Waals surface area contributed by atoms with Crippen LogP contribution in [0.1, 0.15) is 17.5 Å². The highest BCUT2D eigenvalue weighted by Crippen LogP contribution is 2.13. The minimum atomic E-state index is -3.73. The standard InChI is InChI=1S/C12H18N2O5S/c1-10(8-14-4-6-18-7-5-14)13-20(16,17)12-3-2-11(9-15)19-12/h2-3,9-10,13H,4-8H2,1H3. The van der Waals surface area contributed by atoms with Crippen molar-refractivity contribution >= 4 is 16.3 Å². The zero-order valence-corrected chi connectivity index (χ0v) is 12.1. The van der Waals surface area contributed by atoms with E-state index in [1.807, 2.05) is 0 Å². The van der Waals surface area contributed by atoms with Gasteiger partial charge >= 0.3 is 0 Å². The average molecular weight is 302 g/mol. The van der Waals surface area contributed by atoms with Crippen LogP contribution in [0.2, 0.25) is 0 Å².